The number of nitrogens with zero attached hydrogens (tertiary/aromatic N) is 3. The molecule has 0 aliphatic heterocycles. The maximum absolute atomic E-state index is 4.44. The van der Waals surface area contributed by atoms with Gasteiger partial charge in [0.2, 0.25) is 0 Å². The van der Waals surface area contributed by atoms with Gasteiger partial charge in [-0.25, -0.2) is 0 Å². The Labute approximate surface area is 138 Å². The van der Waals surface area contributed by atoms with E-state index in [0.717, 1.165) is 24.3 Å². The van der Waals surface area contributed by atoms with Gasteiger partial charge in [-0.2, -0.15) is 5.10 Å². The van der Waals surface area contributed by atoms with Crippen molar-refractivity contribution in [2.24, 2.45) is 0 Å². The second kappa shape index (κ2) is 6.22. The minimum Gasteiger partial charge on any atom is -0.380 e. The summed E-state index contributed by atoms with van der Waals surface area (Å²) in [4.78, 5) is 4.36. The number of aromatic nitrogens is 3. The molecule has 23 heavy (non-hydrogen) atoms. The number of rotatable bonds is 5. The number of fused-ring (bicyclic) bond motifs is 1. The smallest absolute Gasteiger partial charge is 0.0830 e. The average Bonchev–Trinajstić information content (AvgIpc) is 3.23. The van der Waals surface area contributed by atoms with E-state index in [2.05, 4.69) is 51.2 Å². The fourth-order valence-corrected chi connectivity index (χ4v) is 3.41. The Bertz CT molecular complexity index is 911. The fourth-order valence-electron chi connectivity index (χ4n) is 2.56. The van der Waals surface area contributed by atoms with E-state index < -0.39 is 0 Å². The van der Waals surface area contributed by atoms with Crippen LogP contribution in [0.5, 0.6) is 0 Å². The molecule has 4 nitrogen and oxygen atoms in total. The summed E-state index contributed by atoms with van der Waals surface area (Å²) in [5.41, 5.74) is 4.59. The fraction of sp³-hybridized carbons (Fsp3) is 0.111. The second-order valence-corrected chi connectivity index (χ2v) is 6.29. The topological polar surface area (TPSA) is 42.7 Å². The van der Waals surface area contributed by atoms with E-state index in [1.165, 1.54) is 15.8 Å². The quantitative estimate of drug-likeness (QED) is 0.600. The number of hydrogen-bond donors (Lipinski definition) is 1. The maximum atomic E-state index is 4.44. The molecule has 0 spiro atoms. The van der Waals surface area contributed by atoms with Gasteiger partial charge in [-0.15, -0.1) is 11.3 Å². The van der Waals surface area contributed by atoms with Gasteiger partial charge < -0.3 is 5.32 Å². The predicted molar refractivity (Wildman–Crippen MR) is 94.7 cm³/mol. The molecule has 0 saturated carbocycles. The van der Waals surface area contributed by atoms with Gasteiger partial charge in [0, 0.05) is 24.5 Å². The number of hydrogen-bond acceptors (Lipinski definition) is 4. The largest absolute Gasteiger partial charge is 0.380 e. The molecular formula is C18H16N4S. The SMILES string of the molecule is c1ccc(Cn2cc(CNc3ccnc4ccsc34)cn2)cc1. The van der Waals surface area contributed by atoms with Crippen LogP contribution in [0.2, 0.25) is 0 Å². The standard InChI is InChI=1S/C18H16N4S/c1-2-4-14(5-3-1)12-22-13-15(11-21-22)10-20-16-6-8-19-17-7-9-23-18(16)17/h1-9,11,13H,10,12H2,(H,19,20). The zero-order valence-electron chi connectivity index (χ0n) is 12.5. The number of thiophene rings is 1. The van der Waals surface area contributed by atoms with Crippen LogP contribution in [0.15, 0.2) is 66.4 Å². The highest BCUT2D eigenvalue weighted by Crippen LogP contribution is 2.27. The summed E-state index contributed by atoms with van der Waals surface area (Å²) in [6, 6.07) is 14.4. The summed E-state index contributed by atoms with van der Waals surface area (Å²) < 4.78 is 3.17. The maximum Gasteiger partial charge on any atom is 0.0830 e. The Kier molecular flexibility index (Phi) is 3.78. The van der Waals surface area contributed by atoms with Crippen molar-refractivity contribution in [3.05, 3.63) is 77.6 Å². The number of anilines is 1. The van der Waals surface area contributed by atoms with Gasteiger partial charge in [-0.3, -0.25) is 9.67 Å². The molecule has 0 unspecified atom stereocenters. The van der Waals surface area contributed by atoms with Crippen LogP contribution in [0.25, 0.3) is 10.2 Å². The van der Waals surface area contributed by atoms with E-state index in [-0.39, 0.29) is 0 Å². The molecule has 1 N–H and O–H groups in total. The Morgan fingerprint density at radius 3 is 2.87 bits per heavy atom. The van der Waals surface area contributed by atoms with Gasteiger partial charge in [-0.05, 0) is 23.1 Å². The number of benzene rings is 1. The van der Waals surface area contributed by atoms with Gasteiger partial charge in [-0.1, -0.05) is 30.3 Å². The third-order valence-corrected chi connectivity index (χ3v) is 4.64. The highest BCUT2D eigenvalue weighted by molar-refractivity contribution is 7.17. The van der Waals surface area contributed by atoms with Crippen LogP contribution in [-0.2, 0) is 13.1 Å². The first-order chi connectivity index (χ1) is 11.4. The molecule has 4 aromatic rings. The average molecular weight is 320 g/mol. The van der Waals surface area contributed by atoms with Crippen LogP contribution in [0.1, 0.15) is 11.1 Å². The third-order valence-electron chi connectivity index (χ3n) is 3.70. The molecular weight excluding hydrogens is 304 g/mol. The minimum atomic E-state index is 0.756. The van der Waals surface area contributed by atoms with E-state index in [0.29, 0.717) is 0 Å². The molecule has 0 aliphatic rings. The molecule has 0 fully saturated rings. The molecule has 0 radical (unpaired) electrons. The van der Waals surface area contributed by atoms with E-state index in [9.17, 15) is 0 Å². The van der Waals surface area contributed by atoms with Gasteiger partial charge >= 0.3 is 0 Å². The molecule has 4 rings (SSSR count). The zero-order chi connectivity index (χ0) is 15.5. The molecule has 0 amide bonds. The first-order valence-electron chi connectivity index (χ1n) is 7.50. The van der Waals surface area contributed by atoms with E-state index in [1.807, 2.05) is 35.3 Å². The van der Waals surface area contributed by atoms with E-state index in [4.69, 9.17) is 0 Å². The summed E-state index contributed by atoms with van der Waals surface area (Å²) in [5, 5.41) is 10.00. The summed E-state index contributed by atoms with van der Waals surface area (Å²) in [6.45, 7) is 1.55. The lowest BCUT2D eigenvalue weighted by molar-refractivity contribution is 0.686. The second-order valence-electron chi connectivity index (χ2n) is 5.38. The summed E-state index contributed by atoms with van der Waals surface area (Å²) in [6.07, 6.45) is 5.85. The molecule has 3 aromatic heterocycles. The Morgan fingerprint density at radius 1 is 1.04 bits per heavy atom. The highest BCUT2D eigenvalue weighted by Gasteiger charge is 2.04. The van der Waals surface area contributed by atoms with Crippen LogP contribution in [0.4, 0.5) is 5.69 Å². The van der Waals surface area contributed by atoms with Crippen molar-refractivity contribution in [2.45, 2.75) is 13.1 Å². The normalized spacial score (nSPS) is 11.0. The highest BCUT2D eigenvalue weighted by atomic mass is 32.1. The summed E-state index contributed by atoms with van der Waals surface area (Å²) >= 11 is 1.71. The number of pyridine rings is 1. The molecule has 0 bridgehead atoms. The van der Waals surface area contributed by atoms with Crippen LogP contribution >= 0.6 is 11.3 Å². The van der Waals surface area contributed by atoms with Crippen molar-refractivity contribution in [2.75, 3.05) is 5.32 Å². The van der Waals surface area contributed by atoms with Crippen LogP contribution < -0.4 is 5.32 Å². The van der Waals surface area contributed by atoms with Gasteiger partial charge in [0.05, 0.1) is 28.6 Å². The Hall–Kier alpha value is -2.66. The first kappa shape index (κ1) is 14.0. The summed E-state index contributed by atoms with van der Waals surface area (Å²) in [5.74, 6) is 0. The lowest BCUT2D eigenvalue weighted by Crippen LogP contribution is -2.00. The third kappa shape index (κ3) is 3.10. The molecule has 1 aromatic carbocycles. The van der Waals surface area contributed by atoms with Crippen LogP contribution in [0, 0.1) is 0 Å². The number of nitrogens with one attached hydrogen (secondary N) is 1. The monoisotopic (exact) mass is 320 g/mol. The minimum absolute atomic E-state index is 0.756. The first-order valence-corrected chi connectivity index (χ1v) is 8.38. The molecule has 114 valence electrons. The van der Waals surface area contributed by atoms with E-state index >= 15 is 0 Å². The molecule has 0 aliphatic carbocycles. The van der Waals surface area contributed by atoms with Crippen molar-refractivity contribution in [3.63, 3.8) is 0 Å². The molecule has 3 heterocycles. The lowest BCUT2D eigenvalue weighted by Gasteiger charge is -2.05. The summed E-state index contributed by atoms with van der Waals surface area (Å²) in [7, 11) is 0. The van der Waals surface area contributed by atoms with E-state index in [1.54, 1.807) is 11.3 Å². The lowest BCUT2D eigenvalue weighted by atomic mass is 10.2. The van der Waals surface area contributed by atoms with Gasteiger partial charge in [0.1, 0.15) is 0 Å². The molecule has 0 atom stereocenters. The molecule has 5 heteroatoms. The Balaban J connectivity index is 1.45. The van der Waals surface area contributed by atoms with Crippen molar-refractivity contribution in [3.8, 4) is 0 Å². The predicted octanol–water partition coefficient (Wildman–Crippen LogP) is 4.15. The van der Waals surface area contributed by atoms with Crippen LogP contribution in [0.3, 0.4) is 0 Å². The van der Waals surface area contributed by atoms with Crippen molar-refractivity contribution < 1.29 is 0 Å². The van der Waals surface area contributed by atoms with Crippen molar-refractivity contribution >= 4 is 27.2 Å². The zero-order valence-corrected chi connectivity index (χ0v) is 13.3. The van der Waals surface area contributed by atoms with Crippen molar-refractivity contribution in [1.82, 2.24) is 14.8 Å². The molecule has 0 saturated heterocycles. The van der Waals surface area contributed by atoms with Crippen molar-refractivity contribution in [1.29, 1.82) is 0 Å². The Morgan fingerprint density at radius 2 is 1.96 bits per heavy atom. The van der Waals surface area contributed by atoms with Gasteiger partial charge in [0.15, 0.2) is 0 Å². The van der Waals surface area contributed by atoms with Gasteiger partial charge in [0.25, 0.3) is 0 Å². The van der Waals surface area contributed by atoms with Crippen LogP contribution in [-0.4, -0.2) is 14.8 Å².